The number of pyridine rings is 1. The first-order valence-corrected chi connectivity index (χ1v) is 7.61. The molecular formula is C16H25N3O2. The van der Waals surface area contributed by atoms with Gasteiger partial charge in [0.25, 0.3) is 5.91 Å². The van der Waals surface area contributed by atoms with Crippen LogP contribution in [0.4, 0.5) is 5.82 Å². The number of nitrogens with zero attached hydrogens (tertiary/aromatic N) is 1. The van der Waals surface area contributed by atoms with Gasteiger partial charge in [0.2, 0.25) is 0 Å². The number of amides is 1. The van der Waals surface area contributed by atoms with Crippen molar-refractivity contribution in [1.82, 2.24) is 10.3 Å². The van der Waals surface area contributed by atoms with Gasteiger partial charge in [-0.25, -0.2) is 4.98 Å². The van der Waals surface area contributed by atoms with E-state index in [1.165, 1.54) is 0 Å². The van der Waals surface area contributed by atoms with Gasteiger partial charge in [0.1, 0.15) is 5.82 Å². The molecule has 2 rings (SSSR count). The van der Waals surface area contributed by atoms with E-state index in [1.54, 1.807) is 0 Å². The minimum Gasteiger partial charge on any atom is -0.376 e. The van der Waals surface area contributed by atoms with E-state index in [9.17, 15) is 4.79 Å². The number of carbonyl (C=O) groups is 1. The molecule has 2 unspecified atom stereocenters. The summed E-state index contributed by atoms with van der Waals surface area (Å²) in [5, 5.41) is 6.34. The van der Waals surface area contributed by atoms with E-state index in [0.717, 1.165) is 30.9 Å². The number of hydrogen-bond acceptors (Lipinski definition) is 4. The summed E-state index contributed by atoms with van der Waals surface area (Å²) in [6.07, 6.45) is 1.89. The summed E-state index contributed by atoms with van der Waals surface area (Å²) >= 11 is 0. The topological polar surface area (TPSA) is 63.2 Å². The van der Waals surface area contributed by atoms with Crippen molar-refractivity contribution in [2.24, 2.45) is 0 Å². The van der Waals surface area contributed by atoms with Gasteiger partial charge < -0.3 is 15.4 Å². The van der Waals surface area contributed by atoms with Gasteiger partial charge in [-0.15, -0.1) is 0 Å². The van der Waals surface area contributed by atoms with Crippen LogP contribution in [0.5, 0.6) is 0 Å². The second-order valence-electron chi connectivity index (χ2n) is 5.94. The molecule has 2 atom stereocenters. The highest BCUT2D eigenvalue weighted by atomic mass is 16.5. The molecule has 0 saturated carbocycles. The fraction of sp³-hybridized carbons (Fsp3) is 0.625. The van der Waals surface area contributed by atoms with Crippen molar-refractivity contribution in [1.29, 1.82) is 0 Å². The highest BCUT2D eigenvalue weighted by Crippen LogP contribution is 2.25. The Kier molecular flexibility index (Phi) is 4.83. The number of rotatable bonds is 5. The Balaban J connectivity index is 2.13. The molecule has 1 aliphatic rings. The first kappa shape index (κ1) is 15.8. The average Bonchev–Trinajstić information content (AvgIpc) is 2.75. The van der Waals surface area contributed by atoms with Crippen LogP contribution in [0.1, 0.15) is 49.7 Å². The van der Waals surface area contributed by atoms with Crippen molar-refractivity contribution in [3.8, 4) is 0 Å². The summed E-state index contributed by atoms with van der Waals surface area (Å²) in [5.41, 5.74) is 1.18. The molecule has 1 fully saturated rings. The third kappa shape index (κ3) is 3.73. The van der Waals surface area contributed by atoms with E-state index < -0.39 is 0 Å². The van der Waals surface area contributed by atoms with Gasteiger partial charge in [-0.05, 0) is 45.7 Å². The maximum absolute atomic E-state index is 12.5. The maximum atomic E-state index is 12.5. The molecule has 0 aromatic carbocycles. The summed E-state index contributed by atoms with van der Waals surface area (Å²) in [6.45, 7) is 9.57. The van der Waals surface area contributed by atoms with Gasteiger partial charge >= 0.3 is 0 Å². The average molecular weight is 291 g/mol. The lowest BCUT2D eigenvalue weighted by molar-refractivity contribution is 0.0727. The third-order valence-electron chi connectivity index (χ3n) is 4.06. The molecule has 1 aromatic heterocycles. The van der Waals surface area contributed by atoms with Crippen LogP contribution in [0.3, 0.4) is 0 Å². The number of nitrogens with one attached hydrogen (secondary N) is 2. The molecule has 0 radical (unpaired) electrons. The number of aromatic nitrogens is 1. The second kappa shape index (κ2) is 6.43. The smallest absolute Gasteiger partial charge is 0.251 e. The Morgan fingerprint density at radius 3 is 2.90 bits per heavy atom. The molecular weight excluding hydrogens is 266 g/mol. The van der Waals surface area contributed by atoms with Gasteiger partial charge in [-0.2, -0.15) is 0 Å². The molecule has 5 heteroatoms. The predicted octanol–water partition coefficient (Wildman–Crippen LogP) is 2.51. The van der Waals surface area contributed by atoms with E-state index in [2.05, 4.69) is 22.5 Å². The van der Waals surface area contributed by atoms with E-state index >= 15 is 0 Å². The van der Waals surface area contributed by atoms with E-state index in [1.807, 2.05) is 32.9 Å². The van der Waals surface area contributed by atoms with E-state index in [-0.39, 0.29) is 17.6 Å². The molecule has 5 nitrogen and oxygen atoms in total. The minimum atomic E-state index is -0.300. The van der Waals surface area contributed by atoms with Crippen LogP contribution in [0, 0.1) is 6.92 Å². The predicted molar refractivity (Wildman–Crippen MR) is 83.7 cm³/mol. The lowest BCUT2D eigenvalue weighted by Crippen LogP contribution is -2.50. The van der Waals surface area contributed by atoms with Crippen LogP contribution in [-0.2, 0) is 4.74 Å². The Bertz CT molecular complexity index is 518. The molecule has 1 aromatic rings. The molecule has 1 aliphatic heterocycles. The largest absolute Gasteiger partial charge is 0.376 e. The van der Waals surface area contributed by atoms with Crippen LogP contribution < -0.4 is 10.6 Å². The fourth-order valence-corrected chi connectivity index (χ4v) is 2.47. The maximum Gasteiger partial charge on any atom is 0.251 e. The molecule has 2 heterocycles. The van der Waals surface area contributed by atoms with Crippen LogP contribution >= 0.6 is 0 Å². The normalized spacial score (nSPS) is 24.9. The van der Waals surface area contributed by atoms with E-state index in [0.29, 0.717) is 12.2 Å². The SMILES string of the molecule is CCCNc1cc(C(=O)NC2(C)CCOC2C)cc(C)n1. The summed E-state index contributed by atoms with van der Waals surface area (Å²) < 4.78 is 5.57. The molecule has 116 valence electrons. The Morgan fingerprint density at radius 1 is 1.52 bits per heavy atom. The first-order chi connectivity index (χ1) is 9.94. The summed E-state index contributed by atoms with van der Waals surface area (Å²) in [4.78, 5) is 16.9. The first-order valence-electron chi connectivity index (χ1n) is 7.61. The number of hydrogen-bond donors (Lipinski definition) is 2. The van der Waals surface area contributed by atoms with Gasteiger partial charge in [0, 0.05) is 24.4 Å². The van der Waals surface area contributed by atoms with Gasteiger partial charge in [0.15, 0.2) is 0 Å². The van der Waals surface area contributed by atoms with Crippen molar-refractivity contribution < 1.29 is 9.53 Å². The van der Waals surface area contributed by atoms with Gasteiger partial charge in [-0.3, -0.25) is 4.79 Å². The van der Waals surface area contributed by atoms with Gasteiger partial charge in [0.05, 0.1) is 11.6 Å². The fourth-order valence-electron chi connectivity index (χ4n) is 2.47. The van der Waals surface area contributed by atoms with Crippen molar-refractivity contribution in [3.05, 3.63) is 23.4 Å². The van der Waals surface area contributed by atoms with Crippen LogP contribution in [0.15, 0.2) is 12.1 Å². The van der Waals surface area contributed by atoms with Crippen molar-refractivity contribution in [2.45, 2.75) is 52.2 Å². The van der Waals surface area contributed by atoms with Crippen molar-refractivity contribution in [2.75, 3.05) is 18.5 Å². The highest BCUT2D eigenvalue weighted by molar-refractivity contribution is 5.95. The van der Waals surface area contributed by atoms with Crippen molar-refractivity contribution in [3.63, 3.8) is 0 Å². The molecule has 1 amide bonds. The summed E-state index contributed by atoms with van der Waals surface area (Å²) in [5.74, 6) is 0.683. The number of anilines is 1. The van der Waals surface area contributed by atoms with Crippen LogP contribution in [0.2, 0.25) is 0 Å². The quantitative estimate of drug-likeness (QED) is 0.875. The van der Waals surface area contributed by atoms with Crippen LogP contribution in [-0.4, -0.2) is 35.7 Å². The molecule has 0 aliphatic carbocycles. The summed E-state index contributed by atoms with van der Waals surface area (Å²) in [7, 11) is 0. The zero-order valence-electron chi connectivity index (χ0n) is 13.3. The minimum absolute atomic E-state index is 0.0297. The molecule has 0 spiro atoms. The molecule has 21 heavy (non-hydrogen) atoms. The molecule has 0 bridgehead atoms. The zero-order valence-corrected chi connectivity index (χ0v) is 13.3. The standard InChI is InChI=1S/C16H25N3O2/c1-5-7-17-14-10-13(9-11(2)18-14)15(20)19-16(4)6-8-21-12(16)3/h9-10,12H,5-8H2,1-4H3,(H,17,18)(H,19,20). The second-order valence-corrected chi connectivity index (χ2v) is 5.94. The lowest BCUT2D eigenvalue weighted by atomic mass is 9.94. The van der Waals surface area contributed by atoms with Crippen molar-refractivity contribution >= 4 is 11.7 Å². The Hall–Kier alpha value is -1.62. The van der Waals surface area contributed by atoms with Gasteiger partial charge in [-0.1, -0.05) is 6.92 Å². The Labute approximate surface area is 126 Å². The monoisotopic (exact) mass is 291 g/mol. The van der Waals surface area contributed by atoms with Crippen LogP contribution in [0.25, 0.3) is 0 Å². The number of ether oxygens (including phenoxy) is 1. The zero-order chi connectivity index (χ0) is 15.5. The third-order valence-corrected chi connectivity index (χ3v) is 4.06. The molecule has 2 N–H and O–H groups in total. The van der Waals surface area contributed by atoms with E-state index in [4.69, 9.17) is 4.74 Å². The number of carbonyl (C=O) groups excluding carboxylic acids is 1. The number of aryl methyl sites for hydroxylation is 1. The molecule has 1 saturated heterocycles. The summed E-state index contributed by atoms with van der Waals surface area (Å²) in [6, 6.07) is 3.62. The highest BCUT2D eigenvalue weighted by Gasteiger charge is 2.38. The Morgan fingerprint density at radius 2 is 2.29 bits per heavy atom. The lowest BCUT2D eigenvalue weighted by Gasteiger charge is -2.29.